The molecule has 1 atom stereocenters. The van der Waals surface area contributed by atoms with Crippen LogP contribution in [0.5, 0.6) is 0 Å². The lowest BCUT2D eigenvalue weighted by Crippen LogP contribution is -2.53. The largest absolute Gasteiger partial charge is 0.468 e. The fourth-order valence-corrected chi connectivity index (χ4v) is 3.30. The molecule has 0 aliphatic rings. The van der Waals surface area contributed by atoms with E-state index in [1.165, 1.54) is 0 Å². The van der Waals surface area contributed by atoms with Gasteiger partial charge in [-0.05, 0) is 25.6 Å². The van der Waals surface area contributed by atoms with E-state index in [1.807, 2.05) is 43.3 Å². The van der Waals surface area contributed by atoms with Crippen molar-refractivity contribution in [2.24, 2.45) is 5.73 Å². The lowest BCUT2D eigenvalue weighted by molar-refractivity contribution is -0.123. The minimum Gasteiger partial charge on any atom is -0.468 e. The van der Waals surface area contributed by atoms with Crippen LogP contribution >= 0.6 is 11.8 Å². The molecule has 1 unspecified atom stereocenters. The second-order valence-corrected chi connectivity index (χ2v) is 5.53. The molecule has 0 saturated heterocycles. The highest BCUT2D eigenvalue weighted by atomic mass is 32.2. The van der Waals surface area contributed by atoms with Crippen LogP contribution in [0.15, 0.2) is 52.0 Å². The highest BCUT2D eigenvalue weighted by Gasteiger charge is 2.37. The lowest BCUT2D eigenvalue weighted by atomic mass is 9.91. The van der Waals surface area contributed by atoms with Crippen LogP contribution in [0.2, 0.25) is 0 Å². The zero-order chi connectivity index (χ0) is 14.6. The Balaban J connectivity index is 2.29. The van der Waals surface area contributed by atoms with E-state index in [1.54, 1.807) is 25.1 Å². The van der Waals surface area contributed by atoms with Gasteiger partial charge in [0.1, 0.15) is 11.3 Å². The van der Waals surface area contributed by atoms with Crippen molar-refractivity contribution in [2.45, 2.75) is 17.4 Å². The fraction of sp³-hybridized carbons (Fsp3) is 0.267. The molecule has 4 nitrogen and oxygen atoms in total. The van der Waals surface area contributed by atoms with E-state index in [0.717, 1.165) is 16.2 Å². The molecule has 2 rings (SSSR count). The van der Waals surface area contributed by atoms with Crippen molar-refractivity contribution in [1.82, 2.24) is 5.32 Å². The molecule has 106 valence electrons. The average molecular weight is 290 g/mol. The van der Waals surface area contributed by atoms with Crippen molar-refractivity contribution in [1.29, 1.82) is 0 Å². The molecule has 0 aliphatic heterocycles. The highest BCUT2D eigenvalue weighted by molar-refractivity contribution is 7.99. The Bertz CT molecular complexity index is 583. The van der Waals surface area contributed by atoms with E-state index in [-0.39, 0.29) is 5.91 Å². The van der Waals surface area contributed by atoms with Gasteiger partial charge in [0.2, 0.25) is 5.91 Å². The molecule has 0 saturated carbocycles. The number of carbonyl (C=O) groups excluding carboxylic acids is 1. The molecule has 0 radical (unpaired) electrons. The maximum atomic E-state index is 12.0. The SMILES string of the molecule is CNC(CSc1ccoc1C)(C(N)=O)c1ccccc1. The Morgan fingerprint density at radius 2 is 2.05 bits per heavy atom. The van der Waals surface area contributed by atoms with Crippen LogP contribution in [0.1, 0.15) is 11.3 Å². The van der Waals surface area contributed by atoms with E-state index < -0.39 is 5.54 Å². The van der Waals surface area contributed by atoms with Gasteiger partial charge >= 0.3 is 0 Å². The predicted molar refractivity (Wildman–Crippen MR) is 80.5 cm³/mol. The van der Waals surface area contributed by atoms with Gasteiger partial charge in [0.05, 0.1) is 6.26 Å². The van der Waals surface area contributed by atoms with Crippen molar-refractivity contribution in [3.8, 4) is 0 Å². The normalized spacial score (nSPS) is 13.9. The number of aryl methyl sites for hydroxylation is 1. The molecule has 1 heterocycles. The summed E-state index contributed by atoms with van der Waals surface area (Å²) in [5.74, 6) is 0.959. The smallest absolute Gasteiger partial charge is 0.243 e. The summed E-state index contributed by atoms with van der Waals surface area (Å²) < 4.78 is 5.27. The van der Waals surface area contributed by atoms with Crippen molar-refractivity contribution < 1.29 is 9.21 Å². The second kappa shape index (κ2) is 6.15. The number of amides is 1. The summed E-state index contributed by atoms with van der Waals surface area (Å²) in [6, 6.07) is 11.4. The summed E-state index contributed by atoms with van der Waals surface area (Å²) >= 11 is 1.55. The van der Waals surface area contributed by atoms with Crippen LogP contribution in [0.25, 0.3) is 0 Å². The summed E-state index contributed by atoms with van der Waals surface area (Å²) in [6.45, 7) is 1.90. The Hall–Kier alpha value is -1.72. The number of nitrogens with two attached hydrogens (primary N) is 1. The molecule has 0 fully saturated rings. The molecular weight excluding hydrogens is 272 g/mol. The molecule has 0 spiro atoms. The first-order valence-electron chi connectivity index (χ1n) is 6.31. The number of nitrogens with one attached hydrogen (secondary N) is 1. The molecule has 1 amide bonds. The van der Waals surface area contributed by atoms with Gasteiger partial charge in [-0.2, -0.15) is 0 Å². The maximum Gasteiger partial charge on any atom is 0.243 e. The number of thioether (sulfide) groups is 1. The summed E-state index contributed by atoms with van der Waals surface area (Å²) in [4.78, 5) is 13.0. The number of hydrogen-bond acceptors (Lipinski definition) is 4. The Kier molecular flexibility index (Phi) is 4.52. The minimum absolute atomic E-state index is 0.389. The first kappa shape index (κ1) is 14.7. The number of likely N-dealkylation sites (N-methyl/N-ethyl adjacent to an activating group) is 1. The third kappa shape index (κ3) is 2.73. The minimum atomic E-state index is -0.893. The van der Waals surface area contributed by atoms with Gasteiger partial charge in [0, 0.05) is 10.6 Å². The molecule has 3 N–H and O–H groups in total. The van der Waals surface area contributed by atoms with E-state index in [2.05, 4.69) is 5.32 Å². The van der Waals surface area contributed by atoms with Crippen LogP contribution in [-0.2, 0) is 10.3 Å². The second-order valence-electron chi connectivity index (χ2n) is 4.52. The van der Waals surface area contributed by atoms with Gasteiger partial charge in [0.25, 0.3) is 0 Å². The summed E-state index contributed by atoms with van der Waals surface area (Å²) in [7, 11) is 1.75. The van der Waals surface area contributed by atoms with E-state index in [4.69, 9.17) is 10.2 Å². The molecule has 0 bridgehead atoms. The van der Waals surface area contributed by atoms with Crippen molar-refractivity contribution in [2.75, 3.05) is 12.8 Å². The van der Waals surface area contributed by atoms with Gasteiger partial charge in [-0.1, -0.05) is 30.3 Å². The first-order chi connectivity index (χ1) is 9.60. The standard InChI is InChI=1S/C15H18N2O2S/c1-11-13(8-9-19-11)20-10-15(17-2,14(16)18)12-6-4-3-5-7-12/h3-9,17H,10H2,1-2H3,(H2,16,18). The predicted octanol–water partition coefficient (Wildman–Crippen LogP) is 2.28. The number of rotatable bonds is 6. The Morgan fingerprint density at radius 3 is 2.55 bits per heavy atom. The Morgan fingerprint density at radius 1 is 1.35 bits per heavy atom. The molecule has 2 aromatic rings. The monoisotopic (exact) mass is 290 g/mol. The zero-order valence-corrected chi connectivity index (χ0v) is 12.4. The summed E-state index contributed by atoms with van der Waals surface area (Å²) in [5.41, 5.74) is 5.62. The molecule has 1 aromatic heterocycles. The van der Waals surface area contributed by atoms with E-state index in [9.17, 15) is 4.79 Å². The molecule has 20 heavy (non-hydrogen) atoms. The van der Waals surface area contributed by atoms with Crippen molar-refractivity contribution in [3.63, 3.8) is 0 Å². The molecule has 5 heteroatoms. The average Bonchev–Trinajstić information content (AvgIpc) is 2.86. The quantitative estimate of drug-likeness (QED) is 0.801. The third-order valence-corrected chi connectivity index (χ3v) is 4.68. The topological polar surface area (TPSA) is 68.3 Å². The number of benzene rings is 1. The number of carbonyl (C=O) groups is 1. The molecular formula is C15H18N2O2S. The third-order valence-electron chi connectivity index (χ3n) is 3.37. The molecule has 0 aliphatic carbocycles. The highest BCUT2D eigenvalue weighted by Crippen LogP contribution is 2.31. The summed E-state index contributed by atoms with van der Waals surface area (Å²) in [6.07, 6.45) is 1.64. The van der Waals surface area contributed by atoms with Gasteiger partial charge in [0.15, 0.2) is 0 Å². The number of furan rings is 1. The van der Waals surface area contributed by atoms with Crippen LogP contribution in [0.4, 0.5) is 0 Å². The number of hydrogen-bond donors (Lipinski definition) is 2. The van der Waals surface area contributed by atoms with Crippen molar-refractivity contribution in [3.05, 3.63) is 54.0 Å². The van der Waals surface area contributed by atoms with Crippen molar-refractivity contribution >= 4 is 17.7 Å². The fourth-order valence-electron chi connectivity index (χ4n) is 2.07. The van der Waals surface area contributed by atoms with Gasteiger partial charge in [-0.25, -0.2) is 0 Å². The van der Waals surface area contributed by atoms with Crippen LogP contribution < -0.4 is 11.1 Å². The zero-order valence-electron chi connectivity index (χ0n) is 11.6. The number of primary amides is 1. The van der Waals surface area contributed by atoms with Crippen LogP contribution in [-0.4, -0.2) is 18.7 Å². The van der Waals surface area contributed by atoms with Gasteiger partial charge in [-0.15, -0.1) is 11.8 Å². The van der Waals surface area contributed by atoms with Crippen LogP contribution in [0, 0.1) is 6.92 Å². The van der Waals surface area contributed by atoms with Crippen LogP contribution in [0.3, 0.4) is 0 Å². The summed E-state index contributed by atoms with van der Waals surface area (Å²) in [5, 5.41) is 3.09. The first-order valence-corrected chi connectivity index (χ1v) is 7.30. The molecule has 1 aromatic carbocycles. The van der Waals surface area contributed by atoms with Gasteiger partial charge < -0.3 is 15.5 Å². The Labute approximate surface area is 122 Å². The van der Waals surface area contributed by atoms with E-state index in [0.29, 0.717) is 5.75 Å². The lowest BCUT2D eigenvalue weighted by Gasteiger charge is -2.30. The van der Waals surface area contributed by atoms with Gasteiger partial charge in [-0.3, -0.25) is 4.79 Å². The maximum absolute atomic E-state index is 12.0. The van der Waals surface area contributed by atoms with E-state index >= 15 is 0 Å².